The molecule has 0 bridgehead atoms. The molecule has 2 aromatic rings. The lowest BCUT2D eigenvalue weighted by molar-refractivity contribution is 0.338. The van der Waals surface area contributed by atoms with E-state index in [0.717, 1.165) is 37.2 Å². The first kappa shape index (κ1) is 14.2. The van der Waals surface area contributed by atoms with Crippen LogP contribution >= 0.6 is 0 Å². The molecule has 2 aromatic heterocycles. The largest absolute Gasteiger partial charge is 0.317 e. The molecular weight excluding hydrogens is 274 g/mol. The second kappa shape index (κ2) is 6.34. The van der Waals surface area contributed by atoms with E-state index in [4.69, 9.17) is 4.98 Å². The van der Waals surface area contributed by atoms with Crippen molar-refractivity contribution in [2.45, 2.75) is 38.1 Å². The van der Waals surface area contributed by atoms with Gasteiger partial charge in [-0.05, 0) is 69.9 Å². The molecule has 1 atom stereocenters. The zero-order chi connectivity index (χ0) is 14.8. The summed E-state index contributed by atoms with van der Waals surface area (Å²) in [5.41, 5.74) is 2.13. The summed E-state index contributed by atoms with van der Waals surface area (Å²) in [4.78, 5) is 9.57. The van der Waals surface area contributed by atoms with Crippen LogP contribution < -0.4 is 10.6 Å². The summed E-state index contributed by atoms with van der Waals surface area (Å²) < 4.78 is 2.45. The first-order valence-corrected chi connectivity index (χ1v) is 8.65. The third-order valence-corrected chi connectivity index (χ3v) is 5.07. The van der Waals surface area contributed by atoms with Crippen LogP contribution in [0.25, 0.3) is 11.2 Å². The lowest BCUT2D eigenvalue weighted by Crippen LogP contribution is -2.33. The van der Waals surface area contributed by atoms with Gasteiger partial charge in [0.15, 0.2) is 5.65 Å². The summed E-state index contributed by atoms with van der Waals surface area (Å²) in [6.07, 6.45) is 7.93. The number of aromatic nitrogens is 3. The molecule has 2 N–H and O–H groups in total. The van der Waals surface area contributed by atoms with Crippen LogP contribution in [0.3, 0.4) is 0 Å². The van der Waals surface area contributed by atoms with E-state index in [1.54, 1.807) is 0 Å². The predicted octanol–water partition coefficient (Wildman–Crippen LogP) is 1.90. The highest BCUT2D eigenvalue weighted by molar-refractivity contribution is 5.71. The Bertz CT molecular complexity index is 623. The molecule has 5 nitrogen and oxygen atoms in total. The van der Waals surface area contributed by atoms with E-state index in [-0.39, 0.29) is 0 Å². The van der Waals surface area contributed by atoms with Gasteiger partial charge >= 0.3 is 0 Å². The molecule has 4 heterocycles. The van der Waals surface area contributed by atoms with Gasteiger partial charge in [-0.15, -0.1) is 0 Å². The lowest BCUT2D eigenvalue weighted by Gasteiger charge is -2.28. The number of rotatable bonds is 3. The van der Waals surface area contributed by atoms with Crippen LogP contribution in [-0.2, 0) is 6.42 Å². The molecule has 0 spiro atoms. The Balaban J connectivity index is 1.68. The molecule has 2 aliphatic rings. The molecule has 118 valence electrons. The average molecular weight is 299 g/mol. The maximum atomic E-state index is 4.93. The van der Waals surface area contributed by atoms with E-state index in [0.29, 0.717) is 12.0 Å². The van der Waals surface area contributed by atoms with Crippen molar-refractivity contribution in [3.63, 3.8) is 0 Å². The van der Waals surface area contributed by atoms with Gasteiger partial charge in [-0.1, -0.05) is 0 Å². The summed E-state index contributed by atoms with van der Waals surface area (Å²) in [6, 6.07) is 4.64. The standard InChI is InChI=1S/C17H25N5/c1-3-13(12-19-7-1)11-16-21-15-4-2-8-20-17(15)22(16)14-5-9-18-10-6-14/h2,4,8,13-14,18-19H,1,3,5-7,9-12H2. The molecule has 2 fully saturated rings. The van der Waals surface area contributed by atoms with Crippen LogP contribution in [0.5, 0.6) is 0 Å². The van der Waals surface area contributed by atoms with Crippen molar-refractivity contribution in [1.82, 2.24) is 25.2 Å². The van der Waals surface area contributed by atoms with Gasteiger partial charge in [-0.2, -0.15) is 0 Å². The van der Waals surface area contributed by atoms with Gasteiger partial charge in [-0.3, -0.25) is 0 Å². The number of piperidine rings is 2. The summed E-state index contributed by atoms with van der Waals surface area (Å²) in [6.45, 7) is 4.49. The van der Waals surface area contributed by atoms with Gasteiger partial charge in [0.1, 0.15) is 11.3 Å². The Morgan fingerprint density at radius 2 is 2.05 bits per heavy atom. The SMILES string of the molecule is c1cnc2c(c1)nc(CC1CCCNC1)n2C1CCNCC1. The molecule has 2 aliphatic heterocycles. The Hall–Kier alpha value is -1.46. The molecule has 1 unspecified atom stereocenters. The van der Waals surface area contributed by atoms with Crippen LogP contribution in [0.4, 0.5) is 0 Å². The second-order valence-corrected chi connectivity index (χ2v) is 6.64. The van der Waals surface area contributed by atoms with Crippen molar-refractivity contribution < 1.29 is 0 Å². The van der Waals surface area contributed by atoms with Gasteiger partial charge in [0.2, 0.25) is 0 Å². The van der Waals surface area contributed by atoms with Gasteiger partial charge in [0, 0.05) is 18.7 Å². The molecule has 4 rings (SSSR count). The van der Waals surface area contributed by atoms with Gasteiger partial charge in [0.05, 0.1) is 0 Å². The Labute approximate surface area is 131 Å². The fourth-order valence-electron chi connectivity index (χ4n) is 3.93. The van der Waals surface area contributed by atoms with Gasteiger partial charge < -0.3 is 15.2 Å². The zero-order valence-corrected chi connectivity index (χ0v) is 13.1. The third-order valence-electron chi connectivity index (χ3n) is 5.07. The average Bonchev–Trinajstić information content (AvgIpc) is 2.94. The zero-order valence-electron chi connectivity index (χ0n) is 13.1. The molecule has 0 radical (unpaired) electrons. The number of pyridine rings is 1. The number of hydrogen-bond acceptors (Lipinski definition) is 4. The topological polar surface area (TPSA) is 54.8 Å². The normalized spacial score (nSPS) is 23.9. The van der Waals surface area contributed by atoms with E-state index in [2.05, 4.69) is 26.3 Å². The summed E-state index contributed by atoms with van der Waals surface area (Å²) in [7, 11) is 0. The van der Waals surface area contributed by atoms with Crippen LogP contribution in [0.15, 0.2) is 18.3 Å². The minimum Gasteiger partial charge on any atom is -0.317 e. The summed E-state index contributed by atoms with van der Waals surface area (Å²) in [5, 5.41) is 6.99. The molecular formula is C17H25N5. The molecule has 0 saturated carbocycles. The van der Waals surface area contributed by atoms with Crippen LogP contribution in [0, 0.1) is 5.92 Å². The van der Waals surface area contributed by atoms with Crippen molar-refractivity contribution in [2.24, 2.45) is 5.92 Å². The lowest BCUT2D eigenvalue weighted by atomic mass is 9.95. The monoisotopic (exact) mass is 299 g/mol. The number of nitrogens with zero attached hydrogens (tertiary/aromatic N) is 3. The molecule has 22 heavy (non-hydrogen) atoms. The van der Waals surface area contributed by atoms with Gasteiger partial charge in [-0.25, -0.2) is 9.97 Å². The van der Waals surface area contributed by atoms with Crippen molar-refractivity contribution in [3.05, 3.63) is 24.2 Å². The fraction of sp³-hybridized carbons (Fsp3) is 0.647. The van der Waals surface area contributed by atoms with Crippen molar-refractivity contribution in [2.75, 3.05) is 26.2 Å². The Morgan fingerprint density at radius 1 is 1.14 bits per heavy atom. The van der Waals surface area contributed by atoms with Crippen molar-refractivity contribution >= 4 is 11.2 Å². The van der Waals surface area contributed by atoms with Crippen molar-refractivity contribution in [1.29, 1.82) is 0 Å². The quantitative estimate of drug-likeness (QED) is 0.909. The molecule has 0 aliphatic carbocycles. The van der Waals surface area contributed by atoms with E-state index >= 15 is 0 Å². The first-order valence-electron chi connectivity index (χ1n) is 8.65. The van der Waals surface area contributed by atoms with Crippen LogP contribution in [0.2, 0.25) is 0 Å². The highest BCUT2D eigenvalue weighted by Crippen LogP contribution is 2.28. The first-order chi connectivity index (χ1) is 10.9. The van der Waals surface area contributed by atoms with Gasteiger partial charge in [0.25, 0.3) is 0 Å². The second-order valence-electron chi connectivity index (χ2n) is 6.64. The number of nitrogens with one attached hydrogen (secondary N) is 2. The number of imidazole rings is 1. The maximum absolute atomic E-state index is 4.93. The minimum absolute atomic E-state index is 0.549. The molecule has 0 amide bonds. The number of hydrogen-bond donors (Lipinski definition) is 2. The third kappa shape index (κ3) is 2.75. The van der Waals surface area contributed by atoms with Crippen molar-refractivity contribution in [3.8, 4) is 0 Å². The summed E-state index contributed by atoms with van der Waals surface area (Å²) >= 11 is 0. The van der Waals surface area contributed by atoms with Crippen LogP contribution in [-0.4, -0.2) is 40.7 Å². The minimum atomic E-state index is 0.549. The predicted molar refractivity (Wildman–Crippen MR) is 88.0 cm³/mol. The fourth-order valence-corrected chi connectivity index (χ4v) is 3.93. The Kier molecular flexibility index (Phi) is 4.08. The smallest absolute Gasteiger partial charge is 0.160 e. The van der Waals surface area contributed by atoms with E-state index in [1.165, 1.54) is 38.1 Å². The van der Waals surface area contributed by atoms with Crippen LogP contribution in [0.1, 0.15) is 37.5 Å². The number of fused-ring (bicyclic) bond motifs is 1. The van der Waals surface area contributed by atoms with E-state index < -0.39 is 0 Å². The summed E-state index contributed by atoms with van der Waals surface area (Å²) in [5.74, 6) is 1.96. The Morgan fingerprint density at radius 3 is 2.86 bits per heavy atom. The molecule has 2 saturated heterocycles. The molecule has 0 aromatic carbocycles. The van der Waals surface area contributed by atoms with E-state index in [9.17, 15) is 0 Å². The molecule has 5 heteroatoms. The highest BCUT2D eigenvalue weighted by Gasteiger charge is 2.24. The van der Waals surface area contributed by atoms with E-state index in [1.807, 2.05) is 12.3 Å². The maximum Gasteiger partial charge on any atom is 0.160 e. The highest BCUT2D eigenvalue weighted by atomic mass is 15.2.